The Morgan fingerprint density at radius 1 is 1.38 bits per heavy atom. The summed E-state index contributed by atoms with van der Waals surface area (Å²) in [5.74, 6) is 0.801. The highest BCUT2D eigenvalue weighted by molar-refractivity contribution is 4.57. The first-order chi connectivity index (χ1) is 3.66. The first-order valence-corrected chi connectivity index (χ1v) is 3.42. The van der Waals surface area contributed by atoms with Crippen LogP contribution in [0.5, 0.6) is 0 Å². The molecule has 0 amide bonds. The first-order valence-electron chi connectivity index (χ1n) is 3.42. The summed E-state index contributed by atoms with van der Waals surface area (Å²) in [7, 11) is 0. The second kappa shape index (κ2) is 3.90. The van der Waals surface area contributed by atoms with Crippen LogP contribution in [-0.2, 0) is 0 Å². The van der Waals surface area contributed by atoms with Gasteiger partial charge in [0.15, 0.2) is 0 Å². The zero-order valence-electron chi connectivity index (χ0n) is 6.15. The van der Waals surface area contributed by atoms with Crippen LogP contribution in [0.1, 0.15) is 33.6 Å². The monoisotopic (exact) mass is 115 g/mol. The van der Waals surface area contributed by atoms with Gasteiger partial charge in [0.25, 0.3) is 0 Å². The molecular formula is C7H17N. The van der Waals surface area contributed by atoms with E-state index >= 15 is 0 Å². The smallest absolute Gasteiger partial charge is 0.00130 e. The molecule has 0 aromatic heterocycles. The minimum absolute atomic E-state index is 0.380. The fraction of sp³-hybridized carbons (Fsp3) is 1.00. The molecule has 2 N–H and O–H groups in total. The molecule has 0 radical (unpaired) electrons. The Morgan fingerprint density at radius 3 is 2.00 bits per heavy atom. The van der Waals surface area contributed by atoms with Crippen molar-refractivity contribution in [2.45, 2.75) is 39.7 Å². The molecule has 2 unspecified atom stereocenters. The normalized spacial score (nSPS) is 18.0. The van der Waals surface area contributed by atoms with Crippen LogP contribution in [0.25, 0.3) is 0 Å². The largest absolute Gasteiger partial charge is 0.328 e. The van der Waals surface area contributed by atoms with Gasteiger partial charge in [-0.2, -0.15) is 0 Å². The molecule has 0 aromatic rings. The highest BCUT2D eigenvalue weighted by atomic mass is 14.6. The average molecular weight is 115 g/mol. The van der Waals surface area contributed by atoms with Crippen molar-refractivity contribution in [2.75, 3.05) is 0 Å². The lowest BCUT2D eigenvalue weighted by Gasteiger charge is -2.09. The van der Waals surface area contributed by atoms with Crippen LogP contribution >= 0.6 is 0 Å². The van der Waals surface area contributed by atoms with E-state index in [9.17, 15) is 0 Å². The van der Waals surface area contributed by atoms with Gasteiger partial charge in [0.1, 0.15) is 0 Å². The molecule has 0 heterocycles. The molecule has 2 atom stereocenters. The molecule has 50 valence electrons. The molecule has 0 bridgehead atoms. The summed E-state index contributed by atoms with van der Waals surface area (Å²) in [5.41, 5.74) is 5.57. The molecule has 0 saturated heterocycles. The van der Waals surface area contributed by atoms with Crippen molar-refractivity contribution in [1.29, 1.82) is 0 Å². The van der Waals surface area contributed by atoms with Crippen LogP contribution in [0, 0.1) is 5.92 Å². The molecule has 0 fully saturated rings. The van der Waals surface area contributed by atoms with Gasteiger partial charge in [0.05, 0.1) is 0 Å². The van der Waals surface area contributed by atoms with Gasteiger partial charge in [-0.05, 0) is 19.3 Å². The summed E-state index contributed by atoms with van der Waals surface area (Å²) in [6.45, 7) is 6.50. The van der Waals surface area contributed by atoms with Crippen molar-refractivity contribution in [3.8, 4) is 0 Å². The molecular weight excluding hydrogens is 98.1 g/mol. The summed E-state index contributed by atoms with van der Waals surface area (Å²) < 4.78 is 0. The van der Waals surface area contributed by atoms with Crippen molar-refractivity contribution in [3.05, 3.63) is 0 Å². The molecule has 0 spiro atoms. The summed E-state index contributed by atoms with van der Waals surface area (Å²) >= 11 is 0. The Balaban J connectivity index is 3.10. The predicted molar refractivity (Wildman–Crippen MR) is 37.7 cm³/mol. The summed E-state index contributed by atoms with van der Waals surface area (Å²) in [6.07, 6.45) is 2.41. The molecule has 0 aliphatic carbocycles. The van der Waals surface area contributed by atoms with Crippen LogP contribution in [-0.4, -0.2) is 6.04 Å². The highest BCUT2D eigenvalue weighted by Crippen LogP contribution is 2.07. The second-order valence-corrected chi connectivity index (χ2v) is 2.73. The van der Waals surface area contributed by atoms with E-state index in [0.29, 0.717) is 6.04 Å². The van der Waals surface area contributed by atoms with E-state index in [1.54, 1.807) is 0 Å². The number of nitrogens with two attached hydrogens (primary N) is 1. The van der Waals surface area contributed by atoms with Gasteiger partial charge in [-0.15, -0.1) is 0 Å². The lowest BCUT2D eigenvalue weighted by molar-refractivity contribution is 0.469. The van der Waals surface area contributed by atoms with E-state index in [2.05, 4.69) is 20.8 Å². The van der Waals surface area contributed by atoms with Crippen molar-refractivity contribution in [2.24, 2.45) is 11.7 Å². The molecule has 0 saturated carbocycles. The fourth-order valence-corrected chi connectivity index (χ4v) is 0.801. The van der Waals surface area contributed by atoms with E-state index in [-0.39, 0.29) is 0 Å². The third kappa shape index (κ3) is 4.13. The lowest BCUT2D eigenvalue weighted by atomic mass is 10.0. The minimum Gasteiger partial charge on any atom is -0.328 e. The molecule has 0 aromatic carbocycles. The second-order valence-electron chi connectivity index (χ2n) is 2.73. The van der Waals surface area contributed by atoms with Gasteiger partial charge in [0.2, 0.25) is 0 Å². The molecule has 0 rings (SSSR count). The molecule has 1 nitrogen and oxygen atoms in total. The van der Waals surface area contributed by atoms with Gasteiger partial charge in [-0.1, -0.05) is 20.3 Å². The van der Waals surface area contributed by atoms with Crippen LogP contribution in [0.2, 0.25) is 0 Å². The standard InChI is InChI=1S/C7H17N/c1-4-6(2)5-7(3)8/h6-7H,4-5,8H2,1-3H3. The van der Waals surface area contributed by atoms with E-state index in [4.69, 9.17) is 5.73 Å². The van der Waals surface area contributed by atoms with Gasteiger partial charge in [0, 0.05) is 6.04 Å². The number of hydrogen-bond acceptors (Lipinski definition) is 1. The third-order valence-corrected chi connectivity index (χ3v) is 1.47. The summed E-state index contributed by atoms with van der Waals surface area (Å²) in [4.78, 5) is 0. The van der Waals surface area contributed by atoms with Crippen LogP contribution in [0.4, 0.5) is 0 Å². The topological polar surface area (TPSA) is 26.0 Å². The van der Waals surface area contributed by atoms with Crippen molar-refractivity contribution < 1.29 is 0 Å². The lowest BCUT2D eigenvalue weighted by Crippen LogP contribution is -2.17. The van der Waals surface area contributed by atoms with Crippen LogP contribution in [0.3, 0.4) is 0 Å². The summed E-state index contributed by atoms with van der Waals surface area (Å²) in [6, 6.07) is 0.380. The Bertz CT molecular complexity index is 50.3. The zero-order valence-corrected chi connectivity index (χ0v) is 6.15. The number of hydrogen-bond donors (Lipinski definition) is 1. The Labute approximate surface area is 52.3 Å². The van der Waals surface area contributed by atoms with Crippen molar-refractivity contribution in [3.63, 3.8) is 0 Å². The van der Waals surface area contributed by atoms with Crippen molar-refractivity contribution in [1.82, 2.24) is 0 Å². The first kappa shape index (κ1) is 7.96. The molecule has 0 aliphatic rings. The van der Waals surface area contributed by atoms with Crippen molar-refractivity contribution >= 4 is 0 Å². The van der Waals surface area contributed by atoms with Gasteiger partial charge in [-0.25, -0.2) is 0 Å². The maximum absolute atomic E-state index is 5.57. The fourth-order valence-electron chi connectivity index (χ4n) is 0.801. The predicted octanol–water partition coefficient (Wildman–Crippen LogP) is 1.77. The highest BCUT2D eigenvalue weighted by Gasteiger charge is 2.00. The molecule has 1 heteroatoms. The maximum Gasteiger partial charge on any atom is 0.00130 e. The number of rotatable bonds is 3. The average Bonchev–Trinajstić information content (AvgIpc) is 1.65. The Hall–Kier alpha value is -0.0400. The quantitative estimate of drug-likeness (QED) is 0.596. The molecule has 8 heavy (non-hydrogen) atoms. The molecule has 0 aliphatic heterocycles. The minimum atomic E-state index is 0.380. The Morgan fingerprint density at radius 2 is 1.88 bits per heavy atom. The van der Waals surface area contributed by atoms with E-state index in [0.717, 1.165) is 12.3 Å². The van der Waals surface area contributed by atoms with E-state index in [1.165, 1.54) is 6.42 Å². The van der Waals surface area contributed by atoms with Crippen LogP contribution in [0.15, 0.2) is 0 Å². The van der Waals surface area contributed by atoms with Gasteiger partial charge < -0.3 is 5.73 Å². The van der Waals surface area contributed by atoms with E-state index < -0.39 is 0 Å². The Kier molecular flexibility index (Phi) is 3.88. The van der Waals surface area contributed by atoms with Gasteiger partial charge >= 0.3 is 0 Å². The van der Waals surface area contributed by atoms with Gasteiger partial charge in [-0.3, -0.25) is 0 Å². The van der Waals surface area contributed by atoms with Crippen LogP contribution < -0.4 is 5.73 Å². The zero-order chi connectivity index (χ0) is 6.57. The summed E-state index contributed by atoms with van der Waals surface area (Å²) in [5, 5.41) is 0. The SMILES string of the molecule is CCC(C)CC(C)N. The third-order valence-electron chi connectivity index (χ3n) is 1.47. The maximum atomic E-state index is 5.57. The van der Waals surface area contributed by atoms with E-state index in [1.807, 2.05) is 0 Å².